The quantitative estimate of drug-likeness (QED) is 0.873. The van der Waals surface area contributed by atoms with Crippen molar-refractivity contribution in [2.45, 2.75) is 39.7 Å². The van der Waals surface area contributed by atoms with Gasteiger partial charge in [-0.25, -0.2) is 9.97 Å². The van der Waals surface area contributed by atoms with Crippen LogP contribution in [0.3, 0.4) is 0 Å². The van der Waals surface area contributed by atoms with Gasteiger partial charge in [-0.05, 0) is 19.5 Å². The molecule has 1 aliphatic rings. The van der Waals surface area contributed by atoms with Crippen LogP contribution in [-0.4, -0.2) is 47.1 Å². The van der Waals surface area contributed by atoms with Gasteiger partial charge in [0, 0.05) is 31.6 Å². The van der Waals surface area contributed by atoms with Crippen molar-refractivity contribution in [2.24, 2.45) is 0 Å². The molecule has 19 heavy (non-hydrogen) atoms. The summed E-state index contributed by atoms with van der Waals surface area (Å²) in [5, 5.41) is 0. The van der Waals surface area contributed by atoms with E-state index in [1.165, 1.54) is 6.42 Å². The highest BCUT2D eigenvalue weighted by Gasteiger charge is 2.27. The predicted molar refractivity (Wildman–Crippen MR) is 79.4 cm³/mol. The minimum atomic E-state index is 0.577. The molecular formula is C14H25N5. The maximum Gasteiger partial charge on any atom is 0.134 e. The van der Waals surface area contributed by atoms with E-state index >= 15 is 0 Å². The summed E-state index contributed by atoms with van der Waals surface area (Å²) in [4.78, 5) is 13.7. The molecule has 2 N–H and O–H groups in total. The zero-order valence-electron chi connectivity index (χ0n) is 12.3. The molecule has 0 radical (unpaired) electrons. The highest BCUT2D eigenvalue weighted by Crippen LogP contribution is 2.22. The zero-order valence-corrected chi connectivity index (χ0v) is 12.3. The van der Waals surface area contributed by atoms with Crippen LogP contribution in [0.2, 0.25) is 0 Å². The average molecular weight is 263 g/mol. The second-order valence-corrected chi connectivity index (χ2v) is 5.03. The Labute approximate surface area is 115 Å². The van der Waals surface area contributed by atoms with Gasteiger partial charge in [-0.15, -0.1) is 0 Å². The Hall–Kier alpha value is -1.36. The van der Waals surface area contributed by atoms with Gasteiger partial charge in [-0.1, -0.05) is 20.8 Å². The van der Waals surface area contributed by atoms with Gasteiger partial charge in [0.25, 0.3) is 0 Å². The number of nitrogens with two attached hydrogens (primary N) is 1. The monoisotopic (exact) mass is 263 g/mol. The Morgan fingerprint density at radius 1 is 1.32 bits per heavy atom. The second-order valence-electron chi connectivity index (χ2n) is 5.03. The van der Waals surface area contributed by atoms with Crippen molar-refractivity contribution in [3.63, 3.8) is 0 Å². The Balaban J connectivity index is 2.10. The van der Waals surface area contributed by atoms with E-state index in [4.69, 9.17) is 5.73 Å². The van der Waals surface area contributed by atoms with Crippen LogP contribution < -0.4 is 10.6 Å². The standard InChI is InChI=1S/C14H25N5/c1-4-13-16-12(15)9-14(17-13)19-8-7-11(10-19)18(5-2)6-3/h9,11H,4-8,10H2,1-3H3,(H2,15,16,17). The fourth-order valence-corrected chi connectivity index (χ4v) is 2.81. The van der Waals surface area contributed by atoms with Gasteiger partial charge < -0.3 is 10.6 Å². The molecule has 0 bridgehead atoms. The molecule has 1 fully saturated rings. The first-order valence-corrected chi connectivity index (χ1v) is 7.30. The number of hydrogen-bond acceptors (Lipinski definition) is 5. The molecule has 0 aliphatic carbocycles. The molecule has 0 spiro atoms. The predicted octanol–water partition coefficient (Wildman–Crippen LogP) is 1.54. The Kier molecular flexibility index (Phi) is 4.58. The van der Waals surface area contributed by atoms with E-state index in [0.717, 1.165) is 44.2 Å². The highest BCUT2D eigenvalue weighted by atomic mass is 15.3. The first kappa shape index (κ1) is 14.1. The molecule has 5 nitrogen and oxygen atoms in total. The third-order valence-electron chi connectivity index (χ3n) is 3.91. The summed E-state index contributed by atoms with van der Waals surface area (Å²) in [7, 11) is 0. The Morgan fingerprint density at radius 2 is 2.05 bits per heavy atom. The third kappa shape index (κ3) is 3.15. The van der Waals surface area contributed by atoms with Crippen LogP contribution >= 0.6 is 0 Å². The van der Waals surface area contributed by atoms with Gasteiger partial charge in [-0.2, -0.15) is 0 Å². The van der Waals surface area contributed by atoms with Crippen LogP contribution in [0.4, 0.5) is 11.6 Å². The van der Waals surface area contributed by atoms with Gasteiger partial charge in [0.2, 0.25) is 0 Å². The number of nitrogen functional groups attached to an aromatic ring is 1. The lowest BCUT2D eigenvalue weighted by Gasteiger charge is -2.26. The van der Waals surface area contributed by atoms with Gasteiger partial charge >= 0.3 is 0 Å². The molecule has 2 rings (SSSR count). The lowest BCUT2D eigenvalue weighted by molar-refractivity contribution is 0.232. The van der Waals surface area contributed by atoms with Crippen LogP contribution in [0.1, 0.15) is 33.0 Å². The largest absolute Gasteiger partial charge is 0.384 e. The summed E-state index contributed by atoms with van der Waals surface area (Å²) >= 11 is 0. The SMILES string of the molecule is CCc1nc(N)cc(N2CCC(N(CC)CC)C2)n1. The van der Waals surface area contributed by atoms with E-state index < -0.39 is 0 Å². The van der Waals surface area contributed by atoms with Crippen molar-refractivity contribution >= 4 is 11.6 Å². The first-order valence-electron chi connectivity index (χ1n) is 7.30. The highest BCUT2D eigenvalue weighted by molar-refractivity contribution is 5.48. The topological polar surface area (TPSA) is 58.3 Å². The molecular weight excluding hydrogens is 238 g/mol. The molecule has 0 saturated carbocycles. The van der Waals surface area contributed by atoms with Crippen molar-refractivity contribution in [3.05, 3.63) is 11.9 Å². The normalized spacial score (nSPS) is 19.4. The van der Waals surface area contributed by atoms with Crippen molar-refractivity contribution in [2.75, 3.05) is 36.8 Å². The van der Waals surface area contributed by atoms with Crippen molar-refractivity contribution in [1.29, 1.82) is 0 Å². The van der Waals surface area contributed by atoms with Crippen LogP contribution in [0.5, 0.6) is 0 Å². The molecule has 106 valence electrons. The van der Waals surface area contributed by atoms with E-state index in [9.17, 15) is 0 Å². The van der Waals surface area contributed by atoms with Crippen LogP contribution in [0, 0.1) is 0 Å². The number of likely N-dealkylation sites (N-methyl/N-ethyl adjacent to an activating group) is 1. The summed E-state index contributed by atoms with van der Waals surface area (Å²) < 4.78 is 0. The summed E-state index contributed by atoms with van der Waals surface area (Å²) in [6.07, 6.45) is 2.03. The van der Waals surface area contributed by atoms with Crippen LogP contribution in [0.15, 0.2) is 6.07 Å². The van der Waals surface area contributed by atoms with E-state index in [-0.39, 0.29) is 0 Å². The minimum Gasteiger partial charge on any atom is -0.384 e. The molecule has 2 heterocycles. The van der Waals surface area contributed by atoms with E-state index in [1.807, 2.05) is 6.07 Å². The molecule has 1 aromatic heterocycles. The molecule has 1 unspecified atom stereocenters. The lowest BCUT2D eigenvalue weighted by atomic mass is 10.2. The van der Waals surface area contributed by atoms with Crippen LogP contribution in [0.25, 0.3) is 0 Å². The van der Waals surface area contributed by atoms with Gasteiger partial charge in [-0.3, -0.25) is 4.90 Å². The Bertz CT molecular complexity index is 416. The fraction of sp³-hybridized carbons (Fsp3) is 0.714. The lowest BCUT2D eigenvalue weighted by Crippen LogP contribution is -2.37. The van der Waals surface area contributed by atoms with E-state index in [1.54, 1.807) is 0 Å². The molecule has 5 heteroatoms. The molecule has 1 atom stereocenters. The molecule has 0 amide bonds. The summed E-state index contributed by atoms with van der Waals surface area (Å²) in [6, 6.07) is 2.53. The van der Waals surface area contributed by atoms with Crippen molar-refractivity contribution in [3.8, 4) is 0 Å². The smallest absolute Gasteiger partial charge is 0.134 e. The minimum absolute atomic E-state index is 0.577. The number of aromatic nitrogens is 2. The Morgan fingerprint density at radius 3 is 2.68 bits per heavy atom. The number of anilines is 2. The van der Waals surface area contributed by atoms with E-state index in [0.29, 0.717) is 11.9 Å². The summed E-state index contributed by atoms with van der Waals surface area (Å²) in [5.74, 6) is 2.40. The average Bonchev–Trinajstić information content (AvgIpc) is 2.89. The molecule has 0 aromatic carbocycles. The maximum absolute atomic E-state index is 5.86. The van der Waals surface area contributed by atoms with Gasteiger partial charge in [0.1, 0.15) is 17.5 Å². The summed E-state index contributed by atoms with van der Waals surface area (Å²) in [6.45, 7) is 10.8. The fourth-order valence-electron chi connectivity index (χ4n) is 2.81. The van der Waals surface area contributed by atoms with Crippen LogP contribution in [-0.2, 0) is 6.42 Å². The maximum atomic E-state index is 5.86. The number of hydrogen-bond donors (Lipinski definition) is 1. The van der Waals surface area contributed by atoms with Crippen molar-refractivity contribution < 1.29 is 0 Å². The van der Waals surface area contributed by atoms with E-state index in [2.05, 4.69) is 40.5 Å². The van der Waals surface area contributed by atoms with Gasteiger partial charge in [0.05, 0.1) is 0 Å². The first-order chi connectivity index (χ1) is 9.17. The number of nitrogens with zero attached hydrogens (tertiary/aromatic N) is 4. The third-order valence-corrected chi connectivity index (χ3v) is 3.91. The number of rotatable bonds is 5. The molecule has 1 saturated heterocycles. The van der Waals surface area contributed by atoms with Crippen molar-refractivity contribution in [1.82, 2.24) is 14.9 Å². The van der Waals surface area contributed by atoms with Gasteiger partial charge in [0.15, 0.2) is 0 Å². The molecule has 1 aliphatic heterocycles. The second kappa shape index (κ2) is 6.19. The number of aryl methyl sites for hydroxylation is 1. The summed E-state index contributed by atoms with van der Waals surface area (Å²) in [5.41, 5.74) is 5.86. The molecule has 1 aromatic rings. The zero-order chi connectivity index (χ0) is 13.8.